The number of carbonyl (C=O) groups is 3. The number of rotatable bonds is 5. The molecule has 0 fully saturated rings. The molecule has 0 atom stereocenters. The summed E-state index contributed by atoms with van der Waals surface area (Å²) in [5.74, 6) is -2.03. The van der Waals surface area contributed by atoms with Crippen molar-refractivity contribution in [3.63, 3.8) is 0 Å². The molecule has 29 heavy (non-hydrogen) atoms. The van der Waals surface area contributed by atoms with Crippen molar-refractivity contribution in [1.29, 1.82) is 5.26 Å². The summed E-state index contributed by atoms with van der Waals surface area (Å²) in [5.41, 5.74) is 2.07. The van der Waals surface area contributed by atoms with Crippen molar-refractivity contribution in [3.8, 4) is 17.2 Å². The van der Waals surface area contributed by atoms with E-state index in [9.17, 15) is 19.6 Å². The van der Waals surface area contributed by atoms with Crippen LogP contribution < -0.4 is 5.32 Å². The molecule has 0 unspecified atom stereocenters. The first-order valence-electron chi connectivity index (χ1n) is 8.75. The van der Waals surface area contributed by atoms with Crippen LogP contribution in [0.3, 0.4) is 0 Å². The topological polar surface area (TPSA) is 96.3 Å². The molecule has 6 nitrogen and oxygen atoms in total. The highest BCUT2D eigenvalue weighted by molar-refractivity contribution is 6.06. The summed E-state index contributed by atoms with van der Waals surface area (Å²) in [6.07, 6.45) is 0. The molecule has 0 heterocycles. The van der Waals surface area contributed by atoms with Gasteiger partial charge in [0.05, 0.1) is 17.2 Å². The number of nitrogens with zero attached hydrogens (tertiary/aromatic N) is 1. The third kappa shape index (κ3) is 4.73. The number of hydrogen-bond acceptors (Lipinski definition) is 5. The lowest BCUT2D eigenvalue weighted by atomic mass is 9.96. The third-order valence-corrected chi connectivity index (χ3v) is 4.11. The second-order valence-corrected chi connectivity index (χ2v) is 6.02. The third-order valence-electron chi connectivity index (χ3n) is 4.11. The predicted octanol–water partition coefficient (Wildman–Crippen LogP) is 3.34. The first-order valence-corrected chi connectivity index (χ1v) is 8.75. The van der Waals surface area contributed by atoms with Crippen LogP contribution in [0, 0.1) is 11.3 Å². The monoisotopic (exact) mass is 384 g/mol. The van der Waals surface area contributed by atoms with Crippen LogP contribution in [0.25, 0.3) is 11.1 Å². The first kappa shape index (κ1) is 19.5. The van der Waals surface area contributed by atoms with E-state index < -0.39 is 24.4 Å². The Hall–Kier alpha value is -4.24. The number of amides is 2. The maximum absolute atomic E-state index is 12.5. The predicted molar refractivity (Wildman–Crippen MR) is 106 cm³/mol. The van der Waals surface area contributed by atoms with Crippen LogP contribution in [0.2, 0.25) is 0 Å². The molecule has 0 saturated carbocycles. The van der Waals surface area contributed by atoms with E-state index in [0.29, 0.717) is 22.3 Å². The van der Waals surface area contributed by atoms with E-state index in [-0.39, 0.29) is 5.56 Å². The number of hydrogen-bond donors (Lipinski definition) is 1. The number of esters is 1. The minimum absolute atomic E-state index is 0.220. The fourth-order valence-electron chi connectivity index (χ4n) is 2.74. The fourth-order valence-corrected chi connectivity index (χ4v) is 2.74. The smallest absolute Gasteiger partial charge is 0.339 e. The van der Waals surface area contributed by atoms with E-state index in [1.807, 2.05) is 0 Å². The Labute approximate surface area is 167 Å². The van der Waals surface area contributed by atoms with Gasteiger partial charge in [0.25, 0.3) is 11.8 Å². The molecule has 0 spiro atoms. The van der Waals surface area contributed by atoms with Crippen LogP contribution in [-0.2, 0) is 9.53 Å². The zero-order valence-electron chi connectivity index (χ0n) is 15.3. The molecule has 0 aromatic heterocycles. The molecular formula is C23H16N2O4. The van der Waals surface area contributed by atoms with Crippen molar-refractivity contribution < 1.29 is 19.1 Å². The van der Waals surface area contributed by atoms with Gasteiger partial charge in [-0.3, -0.25) is 14.9 Å². The molecular weight excluding hydrogens is 368 g/mol. The molecule has 0 bridgehead atoms. The van der Waals surface area contributed by atoms with Gasteiger partial charge >= 0.3 is 5.97 Å². The molecule has 6 heteroatoms. The highest BCUT2D eigenvalue weighted by Crippen LogP contribution is 2.27. The molecule has 0 radical (unpaired) electrons. The fraction of sp³-hybridized carbons (Fsp3) is 0.0435. The summed E-state index contributed by atoms with van der Waals surface area (Å²) in [5, 5.41) is 11.5. The van der Waals surface area contributed by atoms with Crippen molar-refractivity contribution in [2.45, 2.75) is 0 Å². The van der Waals surface area contributed by atoms with E-state index in [1.165, 1.54) is 0 Å². The van der Waals surface area contributed by atoms with Crippen molar-refractivity contribution in [2.75, 3.05) is 6.61 Å². The quantitative estimate of drug-likeness (QED) is 0.681. The molecule has 2 amide bonds. The highest BCUT2D eigenvalue weighted by atomic mass is 16.5. The van der Waals surface area contributed by atoms with Crippen LogP contribution >= 0.6 is 0 Å². The Morgan fingerprint density at radius 2 is 1.45 bits per heavy atom. The molecule has 3 aromatic carbocycles. The lowest BCUT2D eigenvalue weighted by molar-refractivity contribution is -0.123. The van der Waals surface area contributed by atoms with E-state index in [4.69, 9.17) is 4.74 Å². The molecule has 3 aromatic rings. The van der Waals surface area contributed by atoms with Gasteiger partial charge in [-0.1, -0.05) is 54.6 Å². The van der Waals surface area contributed by atoms with Gasteiger partial charge in [0, 0.05) is 11.1 Å². The summed E-state index contributed by atoms with van der Waals surface area (Å²) < 4.78 is 5.08. The summed E-state index contributed by atoms with van der Waals surface area (Å²) in [6, 6.07) is 23.9. The van der Waals surface area contributed by atoms with Gasteiger partial charge < -0.3 is 4.74 Å². The van der Waals surface area contributed by atoms with Crippen LogP contribution in [0.15, 0.2) is 78.9 Å². The number of nitrogens with one attached hydrogen (secondary N) is 1. The molecule has 0 saturated heterocycles. The lowest BCUT2D eigenvalue weighted by Gasteiger charge is -2.11. The van der Waals surface area contributed by atoms with E-state index in [1.54, 1.807) is 78.9 Å². The van der Waals surface area contributed by atoms with Crippen molar-refractivity contribution in [3.05, 3.63) is 95.6 Å². The lowest BCUT2D eigenvalue weighted by Crippen LogP contribution is -2.34. The zero-order valence-corrected chi connectivity index (χ0v) is 15.3. The highest BCUT2D eigenvalue weighted by Gasteiger charge is 2.18. The van der Waals surface area contributed by atoms with E-state index >= 15 is 0 Å². The van der Waals surface area contributed by atoms with Crippen molar-refractivity contribution >= 4 is 17.8 Å². The van der Waals surface area contributed by atoms with Gasteiger partial charge in [-0.15, -0.1) is 0 Å². The molecule has 142 valence electrons. The normalized spacial score (nSPS) is 9.90. The Morgan fingerprint density at radius 3 is 2.17 bits per heavy atom. The molecule has 3 rings (SSSR count). The number of ether oxygens (including phenoxy) is 1. The van der Waals surface area contributed by atoms with Gasteiger partial charge in [-0.2, -0.15) is 5.26 Å². The van der Waals surface area contributed by atoms with Crippen LogP contribution in [0.5, 0.6) is 0 Å². The van der Waals surface area contributed by atoms with Crippen molar-refractivity contribution in [2.24, 2.45) is 0 Å². The summed E-state index contributed by atoms with van der Waals surface area (Å²) in [4.78, 5) is 36.5. The molecule has 0 aliphatic heterocycles. The van der Waals surface area contributed by atoms with Gasteiger partial charge in [-0.25, -0.2) is 4.79 Å². The number of imide groups is 1. The number of benzene rings is 3. The zero-order chi connectivity index (χ0) is 20.6. The van der Waals surface area contributed by atoms with Gasteiger partial charge in [0.1, 0.15) is 0 Å². The summed E-state index contributed by atoms with van der Waals surface area (Å²) in [7, 11) is 0. The van der Waals surface area contributed by atoms with E-state index in [2.05, 4.69) is 11.4 Å². The number of nitriles is 1. The summed E-state index contributed by atoms with van der Waals surface area (Å²) >= 11 is 0. The van der Waals surface area contributed by atoms with Crippen molar-refractivity contribution in [1.82, 2.24) is 5.32 Å². The second kappa shape index (κ2) is 9.11. The molecule has 0 aliphatic rings. The van der Waals surface area contributed by atoms with Crippen LogP contribution in [0.1, 0.15) is 26.3 Å². The Bertz CT molecular complexity index is 1100. The Balaban J connectivity index is 1.70. The van der Waals surface area contributed by atoms with Crippen LogP contribution in [-0.4, -0.2) is 24.4 Å². The Kier molecular flexibility index (Phi) is 6.13. The molecule has 1 N–H and O–H groups in total. The molecule has 0 aliphatic carbocycles. The number of carbonyl (C=O) groups excluding carboxylic acids is 3. The average molecular weight is 384 g/mol. The van der Waals surface area contributed by atoms with Gasteiger partial charge in [0.15, 0.2) is 6.61 Å². The maximum atomic E-state index is 12.5. The van der Waals surface area contributed by atoms with Crippen LogP contribution in [0.4, 0.5) is 0 Å². The largest absolute Gasteiger partial charge is 0.452 e. The first-order chi connectivity index (χ1) is 14.1. The standard InChI is InChI=1S/C23H16N2O4/c24-14-17-10-4-5-11-18(17)19-12-6-7-13-20(19)23(28)29-15-21(26)25-22(27)16-8-2-1-3-9-16/h1-13H,15H2,(H,25,26,27). The van der Waals surface area contributed by atoms with E-state index in [0.717, 1.165) is 0 Å². The SMILES string of the molecule is N#Cc1ccccc1-c1ccccc1C(=O)OCC(=O)NC(=O)c1ccccc1. The second-order valence-electron chi connectivity index (χ2n) is 6.02. The minimum Gasteiger partial charge on any atom is -0.452 e. The average Bonchev–Trinajstić information content (AvgIpc) is 2.78. The maximum Gasteiger partial charge on any atom is 0.339 e. The summed E-state index contributed by atoms with van der Waals surface area (Å²) in [6.45, 7) is -0.606. The minimum atomic E-state index is -0.734. The van der Waals surface area contributed by atoms with Gasteiger partial charge in [0.2, 0.25) is 0 Å². The van der Waals surface area contributed by atoms with Gasteiger partial charge in [-0.05, 0) is 29.8 Å². The Morgan fingerprint density at radius 1 is 0.828 bits per heavy atom.